The fourth-order valence-electron chi connectivity index (χ4n) is 0.459. The molecule has 0 saturated carbocycles. The summed E-state index contributed by atoms with van der Waals surface area (Å²) in [5.74, 6) is -0.373. The summed E-state index contributed by atoms with van der Waals surface area (Å²) >= 11 is 16.1. The number of halogens is 3. The van der Waals surface area contributed by atoms with Crippen molar-refractivity contribution >= 4 is 40.7 Å². The molecule has 0 saturated heterocycles. The van der Waals surface area contributed by atoms with Crippen LogP contribution in [-0.2, 0) is 4.74 Å². The predicted molar refractivity (Wildman–Crippen MR) is 57.9 cm³/mol. The maximum Gasteiger partial charge on any atom is 0.265 e. The number of rotatable bonds is 3. The highest BCUT2D eigenvalue weighted by molar-refractivity contribution is 6.76. The molecule has 0 aliphatic rings. The normalized spacial score (nSPS) is 12.6. The van der Waals surface area contributed by atoms with Gasteiger partial charge in [0.15, 0.2) is 0 Å². The first-order valence-electron chi connectivity index (χ1n) is 3.55. The highest BCUT2D eigenvalue weighted by Gasteiger charge is 2.28. The molecular formula is C8H10Cl3NO. The Kier molecular flexibility index (Phi) is 6.21. The molecule has 5 heteroatoms. The van der Waals surface area contributed by atoms with Crippen LogP contribution in [0.1, 0.15) is 6.92 Å². The summed E-state index contributed by atoms with van der Waals surface area (Å²) in [6.45, 7) is 2.12. The smallest absolute Gasteiger partial charge is 0.265 e. The second kappa shape index (κ2) is 6.30. The molecule has 0 atom stereocenters. The van der Waals surface area contributed by atoms with Crippen molar-refractivity contribution in [3.8, 4) is 0 Å². The van der Waals surface area contributed by atoms with Gasteiger partial charge in [-0.3, -0.25) is 5.41 Å². The van der Waals surface area contributed by atoms with Crippen LogP contribution in [0.4, 0.5) is 0 Å². The van der Waals surface area contributed by atoms with Gasteiger partial charge in [-0.2, -0.15) is 0 Å². The number of ether oxygens (including phenoxy) is 1. The highest BCUT2D eigenvalue weighted by Crippen LogP contribution is 2.27. The van der Waals surface area contributed by atoms with Crippen LogP contribution in [0.3, 0.4) is 0 Å². The average Bonchev–Trinajstić information content (AvgIpc) is 2.02. The summed E-state index contributed by atoms with van der Waals surface area (Å²) in [5.41, 5.74) is 0. The molecule has 0 bridgehead atoms. The molecule has 1 N–H and O–H groups in total. The molecule has 74 valence electrons. The van der Waals surface area contributed by atoms with E-state index in [9.17, 15) is 0 Å². The number of hydrogen-bond donors (Lipinski definition) is 1. The van der Waals surface area contributed by atoms with Crippen LogP contribution >= 0.6 is 34.8 Å². The zero-order valence-electron chi connectivity index (χ0n) is 7.06. The monoisotopic (exact) mass is 241 g/mol. The zero-order chi connectivity index (χ0) is 10.3. The third kappa shape index (κ3) is 6.94. The maximum atomic E-state index is 7.15. The number of allylic oxidation sites excluding steroid dienone is 3. The summed E-state index contributed by atoms with van der Waals surface area (Å²) in [6.07, 6.45) is 7.20. The Morgan fingerprint density at radius 3 is 2.46 bits per heavy atom. The zero-order valence-corrected chi connectivity index (χ0v) is 9.33. The topological polar surface area (TPSA) is 33.1 Å². The fraction of sp³-hybridized carbons (Fsp3) is 0.375. The van der Waals surface area contributed by atoms with Crippen molar-refractivity contribution < 1.29 is 4.74 Å². The van der Waals surface area contributed by atoms with Crippen LogP contribution in [-0.4, -0.2) is 16.3 Å². The van der Waals surface area contributed by atoms with E-state index < -0.39 is 3.79 Å². The van der Waals surface area contributed by atoms with E-state index in [1.807, 2.05) is 19.1 Å². The Labute approximate surface area is 92.6 Å². The molecule has 0 fully saturated rings. The van der Waals surface area contributed by atoms with Gasteiger partial charge in [-0.15, -0.1) is 0 Å². The summed E-state index contributed by atoms with van der Waals surface area (Å²) in [4.78, 5) is 0. The molecule has 0 radical (unpaired) electrons. The van der Waals surface area contributed by atoms with Crippen molar-refractivity contribution in [1.82, 2.24) is 0 Å². The van der Waals surface area contributed by atoms with Crippen molar-refractivity contribution in [3.05, 3.63) is 24.3 Å². The molecule has 0 amide bonds. The van der Waals surface area contributed by atoms with Gasteiger partial charge >= 0.3 is 0 Å². The van der Waals surface area contributed by atoms with Gasteiger partial charge in [0.05, 0.1) is 0 Å². The number of nitrogens with one attached hydrogen (secondary N) is 1. The van der Waals surface area contributed by atoms with Gasteiger partial charge < -0.3 is 4.74 Å². The molecule has 0 spiro atoms. The van der Waals surface area contributed by atoms with Crippen LogP contribution in [0.5, 0.6) is 0 Å². The predicted octanol–water partition coefficient (Wildman–Crippen LogP) is 3.48. The van der Waals surface area contributed by atoms with Crippen molar-refractivity contribution in [2.24, 2.45) is 0 Å². The third-order valence-electron chi connectivity index (χ3n) is 1.02. The fourth-order valence-corrected chi connectivity index (χ4v) is 0.622. The molecule has 2 nitrogen and oxygen atoms in total. The lowest BCUT2D eigenvalue weighted by molar-refractivity contribution is 0.340. The van der Waals surface area contributed by atoms with Crippen molar-refractivity contribution in [2.75, 3.05) is 6.61 Å². The van der Waals surface area contributed by atoms with E-state index in [1.54, 1.807) is 12.2 Å². The first-order chi connectivity index (χ1) is 5.98. The third-order valence-corrected chi connectivity index (χ3v) is 1.54. The van der Waals surface area contributed by atoms with Gasteiger partial charge in [-0.1, -0.05) is 53.0 Å². The van der Waals surface area contributed by atoms with Gasteiger partial charge in [0.25, 0.3) is 3.79 Å². The van der Waals surface area contributed by atoms with Crippen LogP contribution in [0.25, 0.3) is 0 Å². The second-order valence-electron chi connectivity index (χ2n) is 2.09. The highest BCUT2D eigenvalue weighted by atomic mass is 35.6. The summed E-state index contributed by atoms with van der Waals surface area (Å²) in [5, 5.41) is 7.15. The molecular weight excluding hydrogens is 232 g/mol. The summed E-state index contributed by atoms with van der Waals surface area (Å²) in [6, 6.07) is 0. The Bertz CT molecular complexity index is 218. The van der Waals surface area contributed by atoms with E-state index in [1.165, 1.54) is 0 Å². The average molecular weight is 243 g/mol. The Morgan fingerprint density at radius 2 is 2.00 bits per heavy atom. The molecule has 0 aliphatic heterocycles. The molecule has 0 aromatic rings. The molecule has 0 aliphatic carbocycles. The van der Waals surface area contributed by atoms with E-state index in [-0.39, 0.29) is 12.5 Å². The number of hydrogen-bond acceptors (Lipinski definition) is 2. The lowest BCUT2D eigenvalue weighted by atomic mass is 10.4. The lowest BCUT2D eigenvalue weighted by Gasteiger charge is -2.11. The van der Waals surface area contributed by atoms with E-state index in [4.69, 9.17) is 44.9 Å². The SMILES string of the molecule is C/C=C/C=C/COC(=N)C(Cl)(Cl)Cl. The first-order valence-corrected chi connectivity index (χ1v) is 4.68. The minimum Gasteiger partial charge on any atom is -0.474 e. The van der Waals surface area contributed by atoms with Crippen molar-refractivity contribution in [3.63, 3.8) is 0 Å². The largest absolute Gasteiger partial charge is 0.474 e. The van der Waals surface area contributed by atoms with Gasteiger partial charge in [0.2, 0.25) is 5.90 Å². The maximum absolute atomic E-state index is 7.15. The summed E-state index contributed by atoms with van der Waals surface area (Å²) < 4.78 is 3.05. The number of alkyl halides is 3. The van der Waals surface area contributed by atoms with E-state index >= 15 is 0 Å². The lowest BCUT2D eigenvalue weighted by Crippen LogP contribution is -2.21. The Hall–Kier alpha value is -0.180. The Balaban J connectivity index is 3.72. The quantitative estimate of drug-likeness (QED) is 0.349. The minimum atomic E-state index is -1.77. The van der Waals surface area contributed by atoms with Crippen LogP contribution in [0.15, 0.2) is 24.3 Å². The van der Waals surface area contributed by atoms with Gasteiger partial charge in [-0.25, -0.2) is 0 Å². The first kappa shape index (κ1) is 12.8. The van der Waals surface area contributed by atoms with E-state index in [2.05, 4.69) is 0 Å². The van der Waals surface area contributed by atoms with Gasteiger partial charge in [-0.05, 0) is 13.0 Å². The standard InChI is InChI=1S/C8H10Cl3NO/c1-2-3-4-5-6-13-7(12)8(9,10)11/h2-5,12H,6H2,1H3/b3-2+,5-4+,12-7?. The second-order valence-corrected chi connectivity index (χ2v) is 4.37. The molecule has 0 aromatic heterocycles. The molecule has 0 heterocycles. The van der Waals surface area contributed by atoms with Gasteiger partial charge in [0, 0.05) is 0 Å². The Morgan fingerprint density at radius 1 is 1.38 bits per heavy atom. The van der Waals surface area contributed by atoms with Crippen LogP contribution < -0.4 is 0 Å². The van der Waals surface area contributed by atoms with E-state index in [0.29, 0.717) is 0 Å². The molecule has 0 aromatic carbocycles. The van der Waals surface area contributed by atoms with Crippen LogP contribution in [0, 0.1) is 5.41 Å². The molecule has 0 rings (SSSR count). The van der Waals surface area contributed by atoms with Gasteiger partial charge in [0.1, 0.15) is 6.61 Å². The van der Waals surface area contributed by atoms with Crippen molar-refractivity contribution in [2.45, 2.75) is 10.7 Å². The summed E-state index contributed by atoms with van der Waals surface area (Å²) in [7, 11) is 0. The minimum absolute atomic E-state index is 0.219. The molecule has 0 unspecified atom stereocenters. The van der Waals surface area contributed by atoms with Crippen molar-refractivity contribution in [1.29, 1.82) is 5.41 Å². The molecule has 13 heavy (non-hydrogen) atoms. The van der Waals surface area contributed by atoms with E-state index in [0.717, 1.165) is 0 Å². The van der Waals surface area contributed by atoms with Crippen LogP contribution in [0.2, 0.25) is 0 Å².